The Hall–Kier alpha value is -1.42. The van der Waals surface area contributed by atoms with Crippen LogP contribution in [0.2, 0.25) is 0 Å². The number of carbonyl (C=O) groups is 2. The van der Waals surface area contributed by atoms with Crippen LogP contribution in [0.25, 0.3) is 0 Å². The van der Waals surface area contributed by atoms with E-state index < -0.39 is 11.9 Å². The number of hydrogen-bond acceptors (Lipinski definition) is 2. The molecule has 0 bridgehead atoms. The Balaban J connectivity index is 0.00000200. The standard InChI is InChI=1S/C16H14O3.Na.H/c1-11(16(18)19)13-8-5-9-14(10-13)15(17)12-6-3-2-4-7-12;;/h2-11H,1H3,(H,18,19);;/q;+1;-1/t11-;;/m0../s1. The van der Waals surface area contributed by atoms with Crippen molar-refractivity contribution < 1.29 is 45.7 Å². The molecule has 0 amide bonds. The van der Waals surface area contributed by atoms with Crippen LogP contribution in [0.3, 0.4) is 0 Å². The molecule has 1 atom stereocenters. The van der Waals surface area contributed by atoms with Crippen LogP contribution in [0.15, 0.2) is 54.6 Å². The molecule has 4 heteroatoms. The predicted octanol–water partition coefficient (Wildman–Crippen LogP) is 0.222. The fraction of sp³-hybridized carbons (Fsp3) is 0.125. The molecule has 0 spiro atoms. The Kier molecular flexibility index (Phi) is 6.14. The molecule has 2 aromatic rings. The van der Waals surface area contributed by atoms with Crippen molar-refractivity contribution in [3.05, 3.63) is 71.3 Å². The first-order chi connectivity index (χ1) is 9.09. The van der Waals surface area contributed by atoms with Crippen molar-refractivity contribution in [3.8, 4) is 0 Å². The summed E-state index contributed by atoms with van der Waals surface area (Å²) in [7, 11) is 0. The summed E-state index contributed by atoms with van der Waals surface area (Å²) in [6, 6.07) is 15.7. The maximum Gasteiger partial charge on any atom is 1.00 e. The molecule has 20 heavy (non-hydrogen) atoms. The number of carbonyl (C=O) groups excluding carboxylic acids is 1. The average Bonchev–Trinajstić information content (AvgIpc) is 2.46. The first-order valence-corrected chi connectivity index (χ1v) is 6.02. The molecule has 0 unspecified atom stereocenters. The van der Waals surface area contributed by atoms with Gasteiger partial charge in [0.15, 0.2) is 5.78 Å². The van der Waals surface area contributed by atoms with Gasteiger partial charge in [0.05, 0.1) is 5.92 Å². The van der Waals surface area contributed by atoms with E-state index in [4.69, 9.17) is 5.11 Å². The number of hydrogen-bond donors (Lipinski definition) is 1. The second-order valence-electron chi connectivity index (χ2n) is 4.38. The largest absolute Gasteiger partial charge is 1.00 e. The number of ketones is 1. The summed E-state index contributed by atoms with van der Waals surface area (Å²) < 4.78 is 0. The van der Waals surface area contributed by atoms with Crippen molar-refractivity contribution in [2.45, 2.75) is 12.8 Å². The summed E-state index contributed by atoms with van der Waals surface area (Å²) in [5.41, 5.74) is 1.74. The molecular formula is C16H15NaO3. The van der Waals surface area contributed by atoms with Crippen molar-refractivity contribution in [3.63, 3.8) is 0 Å². The van der Waals surface area contributed by atoms with Gasteiger partial charge in [-0.05, 0) is 18.6 Å². The van der Waals surface area contributed by atoms with E-state index in [0.717, 1.165) is 0 Å². The van der Waals surface area contributed by atoms with E-state index >= 15 is 0 Å². The molecule has 98 valence electrons. The number of carboxylic acids is 1. The van der Waals surface area contributed by atoms with Gasteiger partial charge in [-0.2, -0.15) is 0 Å². The molecule has 0 aliphatic carbocycles. The topological polar surface area (TPSA) is 54.4 Å². The minimum absolute atomic E-state index is 0. The van der Waals surface area contributed by atoms with E-state index in [1.807, 2.05) is 6.07 Å². The molecule has 0 radical (unpaired) electrons. The summed E-state index contributed by atoms with van der Waals surface area (Å²) >= 11 is 0. The zero-order valence-electron chi connectivity index (χ0n) is 12.5. The van der Waals surface area contributed by atoms with Crippen molar-refractivity contribution in [1.82, 2.24) is 0 Å². The zero-order valence-corrected chi connectivity index (χ0v) is 13.5. The van der Waals surface area contributed by atoms with Gasteiger partial charge in [0, 0.05) is 11.1 Å². The summed E-state index contributed by atoms with van der Waals surface area (Å²) in [6.45, 7) is 1.61. The normalized spacial score (nSPS) is 11.2. The molecule has 0 heterocycles. The second-order valence-corrected chi connectivity index (χ2v) is 4.38. The Morgan fingerprint density at radius 1 is 1.00 bits per heavy atom. The quantitative estimate of drug-likeness (QED) is 0.643. The minimum atomic E-state index is -0.899. The van der Waals surface area contributed by atoms with Gasteiger partial charge in [-0.25, -0.2) is 0 Å². The maximum absolute atomic E-state index is 12.2. The van der Waals surface area contributed by atoms with Crippen LogP contribution in [0, 0.1) is 0 Å². The molecule has 2 rings (SSSR count). The van der Waals surface area contributed by atoms with E-state index in [-0.39, 0.29) is 36.8 Å². The van der Waals surface area contributed by atoms with E-state index in [1.165, 1.54) is 0 Å². The van der Waals surface area contributed by atoms with Crippen molar-refractivity contribution >= 4 is 11.8 Å². The van der Waals surface area contributed by atoms with E-state index in [2.05, 4.69) is 0 Å². The summed E-state index contributed by atoms with van der Waals surface area (Å²) in [4.78, 5) is 23.2. The Bertz CT molecular complexity index is 614. The second kappa shape index (κ2) is 7.39. The Labute approximate surface area is 141 Å². The fourth-order valence-electron chi connectivity index (χ4n) is 1.85. The zero-order chi connectivity index (χ0) is 13.8. The number of benzene rings is 2. The van der Waals surface area contributed by atoms with Gasteiger partial charge in [-0.1, -0.05) is 48.5 Å². The van der Waals surface area contributed by atoms with Crippen LogP contribution in [0.1, 0.15) is 35.8 Å². The molecule has 0 saturated heterocycles. The average molecular weight is 278 g/mol. The first kappa shape index (κ1) is 16.6. The molecule has 0 aromatic heterocycles. The van der Waals surface area contributed by atoms with E-state index in [1.54, 1.807) is 55.5 Å². The van der Waals surface area contributed by atoms with Gasteiger partial charge in [0.25, 0.3) is 0 Å². The molecule has 2 aromatic carbocycles. The SMILES string of the molecule is C[C@H](C(=O)O)c1cccc(C(=O)c2ccccc2)c1.[H-].[Na+]. The van der Waals surface area contributed by atoms with E-state index in [0.29, 0.717) is 16.7 Å². The molecule has 3 nitrogen and oxygen atoms in total. The fourth-order valence-corrected chi connectivity index (χ4v) is 1.85. The Morgan fingerprint density at radius 2 is 1.60 bits per heavy atom. The predicted molar refractivity (Wildman–Crippen MR) is 73.5 cm³/mol. The van der Waals surface area contributed by atoms with E-state index in [9.17, 15) is 9.59 Å². The third-order valence-corrected chi connectivity index (χ3v) is 3.06. The van der Waals surface area contributed by atoms with Crippen molar-refractivity contribution in [1.29, 1.82) is 0 Å². The van der Waals surface area contributed by atoms with Crippen molar-refractivity contribution in [2.24, 2.45) is 0 Å². The minimum Gasteiger partial charge on any atom is -1.00 e. The van der Waals surface area contributed by atoms with Gasteiger partial charge < -0.3 is 6.53 Å². The number of rotatable bonds is 4. The van der Waals surface area contributed by atoms with Crippen LogP contribution >= 0.6 is 0 Å². The van der Waals surface area contributed by atoms with Crippen LogP contribution in [0.5, 0.6) is 0 Å². The maximum atomic E-state index is 12.2. The molecule has 0 aliphatic rings. The van der Waals surface area contributed by atoms with Crippen LogP contribution in [0.4, 0.5) is 0 Å². The summed E-state index contributed by atoms with van der Waals surface area (Å²) in [5, 5.41) is 9.00. The van der Waals surface area contributed by atoms with Crippen molar-refractivity contribution in [2.75, 3.05) is 0 Å². The molecule has 0 saturated carbocycles. The Morgan fingerprint density at radius 3 is 2.20 bits per heavy atom. The summed E-state index contributed by atoms with van der Waals surface area (Å²) in [6.07, 6.45) is 0. The number of aliphatic carboxylic acids is 1. The van der Waals surface area contributed by atoms with Gasteiger partial charge in [0.1, 0.15) is 0 Å². The molecule has 0 aliphatic heterocycles. The first-order valence-electron chi connectivity index (χ1n) is 6.02. The van der Waals surface area contributed by atoms with Gasteiger partial charge in [-0.3, -0.25) is 9.59 Å². The summed E-state index contributed by atoms with van der Waals surface area (Å²) in [5.74, 6) is -1.62. The third-order valence-electron chi connectivity index (χ3n) is 3.06. The van der Waals surface area contributed by atoms with Crippen LogP contribution < -0.4 is 29.6 Å². The van der Waals surface area contributed by atoms with Gasteiger partial charge >= 0.3 is 35.5 Å². The number of carboxylic acid groups (broad SMARTS) is 1. The van der Waals surface area contributed by atoms with Gasteiger partial charge in [0.2, 0.25) is 0 Å². The molecule has 0 fully saturated rings. The third kappa shape index (κ3) is 3.79. The van der Waals surface area contributed by atoms with Gasteiger partial charge in [-0.15, -0.1) is 0 Å². The smallest absolute Gasteiger partial charge is 1.00 e. The monoisotopic (exact) mass is 278 g/mol. The van der Waals surface area contributed by atoms with Crippen LogP contribution in [-0.2, 0) is 4.79 Å². The van der Waals surface area contributed by atoms with Crippen LogP contribution in [-0.4, -0.2) is 16.9 Å². The molecular weight excluding hydrogens is 263 g/mol. The molecule has 1 N–H and O–H groups in total.